The number of aliphatic hydroxyl groups excluding tert-OH is 1. The quantitative estimate of drug-likeness (QED) is 0.652. The van der Waals surface area contributed by atoms with Crippen molar-refractivity contribution in [3.05, 3.63) is 0 Å². The summed E-state index contributed by atoms with van der Waals surface area (Å²) in [5.41, 5.74) is 0. The molecule has 0 spiro atoms. The highest BCUT2D eigenvalue weighted by atomic mass is 16.6. The first-order chi connectivity index (χ1) is 6.13. The summed E-state index contributed by atoms with van der Waals surface area (Å²) >= 11 is 0. The van der Waals surface area contributed by atoms with E-state index in [0.717, 1.165) is 0 Å². The van der Waals surface area contributed by atoms with Gasteiger partial charge in [-0.2, -0.15) is 0 Å². The van der Waals surface area contributed by atoms with E-state index in [4.69, 9.17) is 14.6 Å². The summed E-state index contributed by atoms with van der Waals surface area (Å²) in [5.74, 6) is -0.330. The van der Waals surface area contributed by atoms with Crippen LogP contribution in [0.3, 0.4) is 0 Å². The van der Waals surface area contributed by atoms with Gasteiger partial charge in [0.05, 0.1) is 18.8 Å². The highest BCUT2D eigenvalue weighted by molar-refractivity contribution is 5.74. The van der Waals surface area contributed by atoms with Gasteiger partial charge in [0.2, 0.25) is 0 Å². The van der Waals surface area contributed by atoms with Gasteiger partial charge in [0.15, 0.2) is 6.10 Å². The molecule has 0 bridgehead atoms. The lowest BCUT2D eigenvalue weighted by atomic mass is 9.92. The fourth-order valence-electron chi connectivity index (χ4n) is 1.25. The van der Waals surface area contributed by atoms with Gasteiger partial charge in [-0.1, -0.05) is 0 Å². The van der Waals surface area contributed by atoms with Gasteiger partial charge in [-0.05, 0) is 26.7 Å². The topological polar surface area (TPSA) is 55.8 Å². The lowest BCUT2D eigenvalue weighted by molar-refractivity contribution is -0.167. The van der Waals surface area contributed by atoms with E-state index < -0.39 is 6.10 Å². The number of esters is 1. The summed E-state index contributed by atoms with van der Waals surface area (Å²) in [7, 11) is 0. The lowest BCUT2D eigenvalue weighted by Gasteiger charge is -2.32. The molecule has 13 heavy (non-hydrogen) atoms. The Hall–Kier alpha value is -0.610. The largest absolute Gasteiger partial charge is 0.464 e. The average Bonchev–Trinajstić information content (AvgIpc) is 2.02. The van der Waals surface area contributed by atoms with E-state index in [1.165, 1.54) is 0 Å². The molecule has 0 aromatic heterocycles. The third kappa shape index (κ3) is 2.97. The highest BCUT2D eigenvalue weighted by Crippen LogP contribution is 2.24. The zero-order chi connectivity index (χ0) is 9.84. The Bertz CT molecular complexity index is 174. The second-order valence-electron chi connectivity index (χ2n) is 3.28. The van der Waals surface area contributed by atoms with E-state index in [1.54, 1.807) is 13.8 Å². The van der Waals surface area contributed by atoms with Gasteiger partial charge in [0, 0.05) is 0 Å². The second kappa shape index (κ2) is 4.58. The van der Waals surface area contributed by atoms with Crippen LogP contribution in [0.2, 0.25) is 0 Å². The minimum Gasteiger partial charge on any atom is -0.464 e. The van der Waals surface area contributed by atoms with Crippen molar-refractivity contribution >= 4 is 5.97 Å². The first kappa shape index (κ1) is 10.5. The fraction of sp³-hybridized carbons (Fsp3) is 0.889. The minimum atomic E-state index is -0.516. The summed E-state index contributed by atoms with van der Waals surface area (Å²) in [6, 6.07) is 0. The molecular weight excluding hydrogens is 172 g/mol. The van der Waals surface area contributed by atoms with Gasteiger partial charge in [0.25, 0.3) is 0 Å². The number of ether oxygens (including phenoxy) is 2. The second-order valence-corrected chi connectivity index (χ2v) is 3.28. The zero-order valence-corrected chi connectivity index (χ0v) is 8.03. The molecule has 0 amide bonds. The molecule has 1 aliphatic rings. The van der Waals surface area contributed by atoms with Crippen LogP contribution in [0.5, 0.6) is 0 Å². The molecule has 1 aliphatic carbocycles. The predicted molar refractivity (Wildman–Crippen MR) is 46.2 cm³/mol. The Labute approximate surface area is 77.8 Å². The third-order valence-electron chi connectivity index (χ3n) is 2.09. The van der Waals surface area contributed by atoms with Crippen molar-refractivity contribution in [2.24, 2.45) is 0 Å². The molecule has 1 saturated carbocycles. The first-order valence-corrected chi connectivity index (χ1v) is 4.63. The Morgan fingerprint density at radius 3 is 2.69 bits per heavy atom. The van der Waals surface area contributed by atoms with Gasteiger partial charge < -0.3 is 14.6 Å². The van der Waals surface area contributed by atoms with E-state index in [2.05, 4.69) is 0 Å². The normalized spacial score (nSPS) is 29.2. The maximum atomic E-state index is 11.1. The van der Waals surface area contributed by atoms with Crippen LogP contribution in [0.15, 0.2) is 0 Å². The van der Waals surface area contributed by atoms with Crippen molar-refractivity contribution in [3.8, 4) is 0 Å². The van der Waals surface area contributed by atoms with Crippen LogP contribution in [0, 0.1) is 0 Å². The van der Waals surface area contributed by atoms with Crippen molar-refractivity contribution in [2.45, 2.75) is 45.0 Å². The van der Waals surface area contributed by atoms with Crippen LogP contribution >= 0.6 is 0 Å². The van der Waals surface area contributed by atoms with Crippen LogP contribution < -0.4 is 0 Å². The lowest BCUT2D eigenvalue weighted by Crippen LogP contribution is -2.39. The minimum absolute atomic E-state index is 0.0226. The molecule has 4 nitrogen and oxygen atoms in total. The van der Waals surface area contributed by atoms with Gasteiger partial charge in [-0.3, -0.25) is 0 Å². The van der Waals surface area contributed by atoms with Crippen LogP contribution in [0.25, 0.3) is 0 Å². The molecule has 76 valence electrons. The molecule has 1 fully saturated rings. The third-order valence-corrected chi connectivity index (χ3v) is 2.09. The van der Waals surface area contributed by atoms with Crippen LogP contribution in [0.1, 0.15) is 26.7 Å². The molecule has 0 aromatic carbocycles. The summed E-state index contributed by atoms with van der Waals surface area (Å²) in [5, 5.41) is 8.98. The van der Waals surface area contributed by atoms with Crippen LogP contribution in [-0.2, 0) is 14.3 Å². The van der Waals surface area contributed by atoms with Gasteiger partial charge in [0.1, 0.15) is 0 Å². The van der Waals surface area contributed by atoms with Crippen LogP contribution in [-0.4, -0.2) is 36.0 Å². The number of hydrogen-bond donors (Lipinski definition) is 1. The molecule has 0 heterocycles. The summed E-state index contributed by atoms with van der Waals surface area (Å²) < 4.78 is 10.1. The van der Waals surface area contributed by atoms with Crippen molar-refractivity contribution in [3.63, 3.8) is 0 Å². The first-order valence-electron chi connectivity index (χ1n) is 4.63. The molecular formula is C9H16O4. The monoisotopic (exact) mass is 188 g/mol. The van der Waals surface area contributed by atoms with Gasteiger partial charge in [-0.15, -0.1) is 0 Å². The van der Waals surface area contributed by atoms with Crippen molar-refractivity contribution in [2.75, 3.05) is 6.61 Å². The summed E-state index contributed by atoms with van der Waals surface area (Å²) in [4.78, 5) is 11.1. The predicted octanol–water partition coefficient (Wildman–Crippen LogP) is 0.478. The van der Waals surface area contributed by atoms with E-state index in [0.29, 0.717) is 19.4 Å². The highest BCUT2D eigenvalue weighted by Gasteiger charge is 2.31. The standard InChI is InChI=1S/C9H16O4/c1-3-12-9(11)6(2)13-8-4-7(10)5-8/h6-8,10H,3-5H2,1-2H3. The Balaban J connectivity index is 2.17. The number of aliphatic hydroxyl groups is 1. The Kier molecular flexibility index (Phi) is 3.69. The van der Waals surface area contributed by atoms with Crippen molar-refractivity contribution in [1.29, 1.82) is 0 Å². The fourth-order valence-corrected chi connectivity index (χ4v) is 1.25. The molecule has 0 saturated heterocycles. The van der Waals surface area contributed by atoms with Gasteiger partial charge >= 0.3 is 5.97 Å². The molecule has 1 rings (SSSR count). The summed E-state index contributed by atoms with van der Waals surface area (Å²) in [6.07, 6.45) is 0.513. The maximum absolute atomic E-state index is 11.1. The molecule has 0 aliphatic heterocycles. The number of carbonyl (C=O) groups is 1. The van der Waals surface area contributed by atoms with Crippen LogP contribution in [0.4, 0.5) is 0 Å². The molecule has 1 unspecified atom stereocenters. The van der Waals surface area contributed by atoms with Gasteiger partial charge in [-0.25, -0.2) is 4.79 Å². The summed E-state index contributed by atoms with van der Waals surface area (Å²) in [6.45, 7) is 3.81. The maximum Gasteiger partial charge on any atom is 0.334 e. The Morgan fingerprint density at radius 1 is 1.62 bits per heavy atom. The van der Waals surface area contributed by atoms with Crippen molar-refractivity contribution in [1.82, 2.24) is 0 Å². The average molecular weight is 188 g/mol. The molecule has 1 N–H and O–H groups in total. The number of hydrogen-bond acceptors (Lipinski definition) is 4. The SMILES string of the molecule is CCOC(=O)C(C)OC1CC(O)C1. The van der Waals surface area contributed by atoms with Crippen molar-refractivity contribution < 1.29 is 19.4 Å². The molecule has 0 radical (unpaired) electrons. The van der Waals surface area contributed by atoms with E-state index in [1.807, 2.05) is 0 Å². The van der Waals surface area contributed by atoms with E-state index >= 15 is 0 Å². The smallest absolute Gasteiger partial charge is 0.334 e. The van der Waals surface area contributed by atoms with E-state index in [-0.39, 0.29) is 18.2 Å². The Morgan fingerprint density at radius 2 is 2.23 bits per heavy atom. The molecule has 0 aromatic rings. The molecule has 4 heteroatoms. The molecule has 1 atom stereocenters. The number of rotatable bonds is 4. The van der Waals surface area contributed by atoms with E-state index in [9.17, 15) is 4.79 Å². The number of carbonyl (C=O) groups excluding carboxylic acids is 1. The zero-order valence-electron chi connectivity index (χ0n) is 8.03.